The van der Waals surface area contributed by atoms with Crippen LogP contribution >= 0.6 is 0 Å². The smallest absolute Gasteiger partial charge is 0.164 e. The molecule has 0 spiro atoms. The zero-order valence-corrected chi connectivity index (χ0v) is 27.5. The van der Waals surface area contributed by atoms with Gasteiger partial charge in [0.15, 0.2) is 17.5 Å². The van der Waals surface area contributed by atoms with Crippen molar-refractivity contribution in [3.63, 3.8) is 0 Å². The third-order valence-corrected chi connectivity index (χ3v) is 9.75. The molecule has 2 aromatic heterocycles. The van der Waals surface area contributed by atoms with E-state index in [1.807, 2.05) is 24.3 Å². The second kappa shape index (κ2) is 11.9. The van der Waals surface area contributed by atoms with Crippen molar-refractivity contribution in [3.05, 3.63) is 176 Å². The summed E-state index contributed by atoms with van der Waals surface area (Å²) >= 11 is 0. The summed E-state index contributed by atoms with van der Waals surface area (Å²) in [5, 5.41) is 6.63. The molecular weight excluding hydrogens is 623 g/mol. The maximum Gasteiger partial charge on any atom is 0.164 e. The molecule has 0 aliphatic heterocycles. The fourth-order valence-electron chi connectivity index (χ4n) is 7.20. The van der Waals surface area contributed by atoms with Gasteiger partial charge in [-0.2, -0.15) is 0 Å². The van der Waals surface area contributed by atoms with Gasteiger partial charge in [0, 0.05) is 32.8 Å². The highest BCUT2D eigenvalue weighted by Crippen LogP contribution is 2.41. The molecule has 10 aromatic rings. The molecule has 0 amide bonds. The number of fused-ring (bicyclic) bond motifs is 7. The molecule has 0 atom stereocenters. The highest BCUT2D eigenvalue weighted by atomic mass is 16.3. The molecule has 4 nitrogen and oxygen atoms in total. The fourth-order valence-corrected chi connectivity index (χ4v) is 7.20. The number of benzene rings is 8. The minimum atomic E-state index is 0.598. The molecule has 0 radical (unpaired) electrons. The Morgan fingerprint density at radius 2 is 0.824 bits per heavy atom. The number of furan rings is 1. The topological polar surface area (TPSA) is 51.8 Å². The molecular formula is C47H29N3O. The summed E-state index contributed by atoms with van der Waals surface area (Å²) in [5.41, 5.74) is 9.01. The molecule has 0 saturated heterocycles. The molecule has 0 unspecified atom stereocenters. The quantitative estimate of drug-likeness (QED) is 0.174. The van der Waals surface area contributed by atoms with Crippen molar-refractivity contribution in [2.75, 3.05) is 0 Å². The first kappa shape index (κ1) is 29.0. The van der Waals surface area contributed by atoms with Gasteiger partial charge in [-0.3, -0.25) is 0 Å². The van der Waals surface area contributed by atoms with Crippen LogP contribution in [0.1, 0.15) is 0 Å². The van der Waals surface area contributed by atoms with Gasteiger partial charge < -0.3 is 4.42 Å². The minimum absolute atomic E-state index is 0.598. The van der Waals surface area contributed by atoms with Crippen molar-refractivity contribution in [1.29, 1.82) is 0 Å². The second-order valence-corrected chi connectivity index (χ2v) is 12.8. The summed E-state index contributed by atoms with van der Waals surface area (Å²) in [6, 6.07) is 61.0. The van der Waals surface area contributed by atoms with Gasteiger partial charge in [0.2, 0.25) is 0 Å². The lowest BCUT2D eigenvalue weighted by molar-refractivity contribution is 0.673. The SMILES string of the molecule is c1ccc(-c2ccc(-c3nc(-c4ccc(-c5ccccc5)cc4)nc(-c4cccc5oc6c(ccc7ccc8ccccc8c76)c45)n3)cc2)cc1. The number of aromatic nitrogens is 3. The molecule has 0 saturated carbocycles. The van der Waals surface area contributed by atoms with Crippen LogP contribution in [0.15, 0.2) is 180 Å². The van der Waals surface area contributed by atoms with Crippen LogP contribution in [0, 0.1) is 0 Å². The molecule has 0 bridgehead atoms. The van der Waals surface area contributed by atoms with E-state index in [-0.39, 0.29) is 0 Å². The van der Waals surface area contributed by atoms with E-state index >= 15 is 0 Å². The highest BCUT2D eigenvalue weighted by molar-refractivity contribution is 6.24. The van der Waals surface area contributed by atoms with Crippen molar-refractivity contribution in [1.82, 2.24) is 15.0 Å². The number of nitrogens with zero attached hydrogens (tertiary/aromatic N) is 3. The molecule has 8 aromatic carbocycles. The van der Waals surface area contributed by atoms with E-state index in [0.29, 0.717) is 17.5 Å². The first-order chi connectivity index (χ1) is 25.3. The van der Waals surface area contributed by atoms with Gasteiger partial charge in [-0.15, -0.1) is 0 Å². The number of rotatable bonds is 5. The van der Waals surface area contributed by atoms with Crippen LogP contribution in [0.2, 0.25) is 0 Å². The summed E-state index contributed by atoms with van der Waals surface area (Å²) in [4.78, 5) is 15.4. The van der Waals surface area contributed by atoms with E-state index in [1.54, 1.807) is 0 Å². The van der Waals surface area contributed by atoms with Crippen molar-refractivity contribution in [2.45, 2.75) is 0 Å². The van der Waals surface area contributed by atoms with Gasteiger partial charge in [-0.05, 0) is 50.5 Å². The number of hydrogen-bond donors (Lipinski definition) is 0. The zero-order chi connectivity index (χ0) is 33.7. The van der Waals surface area contributed by atoms with Crippen LogP contribution in [-0.4, -0.2) is 15.0 Å². The zero-order valence-electron chi connectivity index (χ0n) is 27.5. The Labute approximate surface area is 294 Å². The Bertz CT molecular complexity index is 2780. The molecule has 0 aliphatic rings. The normalized spacial score (nSPS) is 11.5. The lowest BCUT2D eigenvalue weighted by Gasteiger charge is -2.10. The second-order valence-electron chi connectivity index (χ2n) is 12.8. The summed E-state index contributed by atoms with van der Waals surface area (Å²) < 4.78 is 6.70. The summed E-state index contributed by atoms with van der Waals surface area (Å²) in [7, 11) is 0. The largest absolute Gasteiger partial charge is 0.455 e. The predicted molar refractivity (Wildman–Crippen MR) is 209 cm³/mol. The third-order valence-electron chi connectivity index (χ3n) is 9.75. The molecule has 10 rings (SSSR count). The highest BCUT2D eigenvalue weighted by Gasteiger charge is 2.20. The van der Waals surface area contributed by atoms with Crippen LogP contribution in [-0.2, 0) is 0 Å². The van der Waals surface area contributed by atoms with E-state index in [0.717, 1.165) is 60.5 Å². The summed E-state index contributed by atoms with van der Waals surface area (Å²) in [6.07, 6.45) is 0. The van der Waals surface area contributed by atoms with Crippen LogP contribution < -0.4 is 0 Å². The Morgan fingerprint density at radius 1 is 0.314 bits per heavy atom. The molecule has 0 aliphatic carbocycles. The van der Waals surface area contributed by atoms with Crippen LogP contribution in [0.5, 0.6) is 0 Å². The van der Waals surface area contributed by atoms with Gasteiger partial charge in [0.1, 0.15) is 11.2 Å². The van der Waals surface area contributed by atoms with E-state index in [1.165, 1.54) is 21.9 Å². The van der Waals surface area contributed by atoms with E-state index < -0.39 is 0 Å². The molecule has 51 heavy (non-hydrogen) atoms. The molecule has 0 N–H and O–H groups in total. The molecule has 2 heterocycles. The average Bonchev–Trinajstić information content (AvgIpc) is 3.61. The Balaban J connectivity index is 1.17. The van der Waals surface area contributed by atoms with Gasteiger partial charge in [-0.25, -0.2) is 15.0 Å². The van der Waals surface area contributed by atoms with E-state index in [2.05, 4.69) is 152 Å². The molecule has 4 heteroatoms. The van der Waals surface area contributed by atoms with Crippen molar-refractivity contribution >= 4 is 43.5 Å². The van der Waals surface area contributed by atoms with Gasteiger partial charge in [0.25, 0.3) is 0 Å². The average molecular weight is 652 g/mol. The monoisotopic (exact) mass is 651 g/mol. The van der Waals surface area contributed by atoms with Crippen LogP contribution in [0.3, 0.4) is 0 Å². The summed E-state index contributed by atoms with van der Waals surface area (Å²) in [6.45, 7) is 0. The van der Waals surface area contributed by atoms with E-state index in [9.17, 15) is 0 Å². The van der Waals surface area contributed by atoms with Gasteiger partial charge in [0.05, 0.1) is 0 Å². The lowest BCUT2D eigenvalue weighted by Crippen LogP contribution is -2.00. The molecule has 238 valence electrons. The summed E-state index contributed by atoms with van der Waals surface area (Å²) in [5.74, 6) is 1.83. The Morgan fingerprint density at radius 3 is 1.47 bits per heavy atom. The first-order valence-corrected chi connectivity index (χ1v) is 17.1. The lowest BCUT2D eigenvalue weighted by atomic mass is 9.98. The van der Waals surface area contributed by atoms with Crippen molar-refractivity contribution in [3.8, 4) is 56.4 Å². The Kier molecular flexibility index (Phi) is 6.78. The Hall–Kier alpha value is -6.91. The van der Waals surface area contributed by atoms with Crippen molar-refractivity contribution in [2.24, 2.45) is 0 Å². The van der Waals surface area contributed by atoms with Crippen molar-refractivity contribution < 1.29 is 4.42 Å². The standard InChI is InChI=1S/C47H29N3O/c1-3-10-30(11-4-1)32-18-24-36(25-19-32)45-48-46(37-26-20-33(21-27-37)31-12-5-2-6-13-31)50-47(49-45)40-16-9-17-41-43(40)39-29-28-35-23-22-34-14-7-8-15-38(34)42(35)44(39)51-41/h1-29H. The maximum absolute atomic E-state index is 6.70. The fraction of sp³-hybridized carbons (Fsp3) is 0. The number of hydrogen-bond acceptors (Lipinski definition) is 4. The minimum Gasteiger partial charge on any atom is -0.455 e. The van der Waals surface area contributed by atoms with Crippen LogP contribution in [0.25, 0.3) is 99.9 Å². The third kappa shape index (κ3) is 5.04. The van der Waals surface area contributed by atoms with Gasteiger partial charge >= 0.3 is 0 Å². The van der Waals surface area contributed by atoms with E-state index in [4.69, 9.17) is 19.4 Å². The van der Waals surface area contributed by atoms with Crippen LogP contribution in [0.4, 0.5) is 0 Å². The maximum atomic E-state index is 6.70. The predicted octanol–water partition coefficient (Wildman–Crippen LogP) is 12.4. The molecule has 0 fully saturated rings. The first-order valence-electron chi connectivity index (χ1n) is 17.1. The van der Waals surface area contributed by atoms with Gasteiger partial charge in [-0.1, -0.05) is 164 Å².